The van der Waals surface area contributed by atoms with Crippen molar-refractivity contribution >= 4 is 33.3 Å². The predicted molar refractivity (Wildman–Crippen MR) is 84.4 cm³/mol. The van der Waals surface area contributed by atoms with Gasteiger partial charge in [-0.25, -0.2) is 9.97 Å². The molecule has 0 atom stereocenters. The summed E-state index contributed by atoms with van der Waals surface area (Å²) in [6, 6.07) is 7.92. The average molecular weight is 337 g/mol. The number of nitrogens with one attached hydrogen (secondary N) is 2. The normalized spacial score (nSPS) is 10.3. The van der Waals surface area contributed by atoms with Crippen LogP contribution in [-0.2, 0) is 0 Å². The van der Waals surface area contributed by atoms with E-state index < -0.39 is 0 Å². The molecule has 20 heavy (non-hydrogen) atoms. The monoisotopic (exact) mass is 336 g/mol. The smallest absolute Gasteiger partial charge is 0.135 e. The van der Waals surface area contributed by atoms with Gasteiger partial charge in [0, 0.05) is 23.7 Å². The van der Waals surface area contributed by atoms with Crippen LogP contribution in [0.5, 0.6) is 0 Å². The van der Waals surface area contributed by atoms with Gasteiger partial charge in [0.15, 0.2) is 0 Å². The zero-order valence-electron chi connectivity index (χ0n) is 11.2. The van der Waals surface area contributed by atoms with Gasteiger partial charge < -0.3 is 15.7 Å². The number of halogens is 1. The molecule has 0 saturated carbocycles. The lowest BCUT2D eigenvalue weighted by Crippen LogP contribution is -2.06. The SMILES string of the molecule is Cc1ccc(Nc2cc(NCCCO)ncn2)c(Br)c1. The van der Waals surface area contributed by atoms with Crippen LogP contribution < -0.4 is 10.6 Å². The Kier molecular flexibility index (Phi) is 5.31. The van der Waals surface area contributed by atoms with Crippen molar-refractivity contribution in [3.63, 3.8) is 0 Å². The van der Waals surface area contributed by atoms with Crippen LogP contribution in [-0.4, -0.2) is 28.2 Å². The molecule has 0 unspecified atom stereocenters. The first-order valence-corrected chi connectivity index (χ1v) is 7.18. The zero-order valence-corrected chi connectivity index (χ0v) is 12.8. The maximum Gasteiger partial charge on any atom is 0.135 e. The molecule has 6 heteroatoms. The van der Waals surface area contributed by atoms with E-state index in [1.165, 1.54) is 11.9 Å². The first kappa shape index (κ1) is 14.7. The minimum atomic E-state index is 0.166. The van der Waals surface area contributed by atoms with Gasteiger partial charge in [-0.2, -0.15) is 0 Å². The highest BCUT2D eigenvalue weighted by Crippen LogP contribution is 2.26. The zero-order chi connectivity index (χ0) is 14.4. The number of hydrogen-bond acceptors (Lipinski definition) is 5. The third kappa shape index (κ3) is 4.18. The van der Waals surface area contributed by atoms with E-state index in [4.69, 9.17) is 5.11 Å². The first-order valence-electron chi connectivity index (χ1n) is 6.39. The molecular formula is C14H17BrN4O. The number of aliphatic hydroxyl groups is 1. The lowest BCUT2D eigenvalue weighted by molar-refractivity contribution is 0.292. The van der Waals surface area contributed by atoms with Gasteiger partial charge in [0.2, 0.25) is 0 Å². The number of anilines is 3. The van der Waals surface area contributed by atoms with Gasteiger partial charge in [-0.1, -0.05) is 6.07 Å². The van der Waals surface area contributed by atoms with Crippen LogP contribution in [0.3, 0.4) is 0 Å². The first-order chi connectivity index (χ1) is 9.69. The van der Waals surface area contributed by atoms with Crippen LogP contribution in [0.15, 0.2) is 35.1 Å². The maximum absolute atomic E-state index is 8.76. The summed E-state index contributed by atoms with van der Waals surface area (Å²) in [5, 5.41) is 15.1. The molecule has 5 nitrogen and oxygen atoms in total. The standard InChI is InChI=1S/C14H17BrN4O/c1-10-3-4-12(11(15)7-10)19-14-8-13(17-9-18-14)16-5-2-6-20/h3-4,7-9,20H,2,5-6H2,1H3,(H2,16,17,18,19). The van der Waals surface area contributed by atoms with Crippen molar-refractivity contribution in [2.45, 2.75) is 13.3 Å². The Hall–Kier alpha value is -1.66. The second-order valence-electron chi connectivity index (χ2n) is 4.40. The summed E-state index contributed by atoms with van der Waals surface area (Å²) in [5.74, 6) is 1.45. The molecule has 3 N–H and O–H groups in total. The fourth-order valence-electron chi connectivity index (χ4n) is 1.68. The van der Waals surface area contributed by atoms with Crippen LogP contribution in [0.4, 0.5) is 17.3 Å². The number of aliphatic hydroxyl groups excluding tert-OH is 1. The summed E-state index contributed by atoms with van der Waals surface area (Å²) in [6.45, 7) is 2.89. The number of nitrogens with zero attached hydrogens (tertiary/aromatic N) is 2. The highest BCUT2D eigenvalue weighted by atomic mass is 79.9. The topological polar surface area (TPSA) is 70.1 Å². The summed E-state index contributed by atoms with van der Waals surface area (Å²) >= 11 is 3.53. The lowest BCUT2D eigenvalue weighted by atomic mass is 10.2. The van der Waals surface area contributed by atoms with E-state index in [-0.39, 0.29) is 6.61 Å². The third-order valence-electron chi connectivity index (χ3n) is 2.70. The van der Waals surface area contributed by atoms with E-state index in [0.717, 1.165) is 21.8 Å². The van der Waals surface area contributed by atoms with Crippen molar-refractivity contribution in [2.24, 2.45) is 0 Å². The number of aromatic nitrogens is 2. The summed E-state index contributed by atoms with van der Waals surface area (Å²) in [6.07, 6.45) is 2.20. The quantitative estimate of drug-likeness (QED) is 0.707. The maximum atomic E-state index is 8.76. The molecule has 0 radical (unpaired) electrons. The van der Waals surface area contributed by atoms with Crippen LogP contribution >= 0.6 is 15.9 Å². The fourth-order valence-corrected chi connectivity index (χ4v) is 2.27. The molecule has 0 fully saturated rings. The molecule has 0 amide bonds. The van der Waals surface area contributed by atoms with Gasteiger partial charge in [0.1, 0.15) is 18.0 Å². The molecule has 1 aromatic carbocycles. The minimum absolute atomic E-state index is 0.166. The lowest BCUT2D eigenvalue weighted by Gasteiger charge is -2.10. The molecular weight excluding hydrogens is 320 g/mol. The molecule has 0 spiro atoms. The van der Waals surface area contributed by atoms with Crippen molar-refractivity contribution in [2.75, 3.05) is 23.8 Å². The molecule has 2 aromatic rings. The van der Waals surface area contributed by atoms with Crippen LogP contribution in [0, 0.1) is 6.92 Å². The van der Waals surface area contributed by atoms with E-state index >= 15 is 0 Å². The Morgan fingerprint density at radius 3 is 2.75 bits per heavy atom. The molecule has 2 rings (SSSR count). The fraction of sp³-hybridized carbons (Fsp3) is 0.286. The van der Waals surface area contributed by atoms with E-state index in [9.17, 15) is 0 Å². The van der Waals surface area contributed by atoms with Crippen LogP contribution in [0.1, 0.15) is 12.0 Å². The van der Waals surface area contributed by atoms with Crippen molar-refractivity contribution in [1.82, 2.24) is 9.97 Å². The highest BCUT2D eigenvalue weighted by Gasteiger charge is 2.03. The molecule has 0 aliphatic rings. The number of aryl methyl sites for hydroxylation is 1. The summed E-state index contributed by atoms with van der Waals surface area (Å²) in [5.41, 5.74) is 2.15. The highest BCUT2D eigenvalue weighted by molar-refractivity contribution is 9.10. The van der Waals surface area contributed by atoms with Gasteiger partial charge in [0.25, 0.3) is 0 Å². The van der Waals surface area contributed by atoms with Crippen molar-refractivity contribution < 1.29 is 5.11 Å². The van der Waals surface area contributed by atoms with E-state index in [1.807, 2.05) is 31.2 Å². The van der Waals surface area contributed by atoms with Gasteiger partial charge >= 0.3 is 0 Å². The van der Waals surface area contributed by atoms with Crippen LogP contribution in [0.2, 0.25) is 0 Å². The average Bonchev–Trinajstić information content (AvgIpc) is 2.43. The van der Waals surface area contributed by atoms with Gasteiger partial charge in [-0.05, 0) is 47.0 Å². The number of benzene rings is 1. The number of rotatable bonds is 6. The molecule has 1 aromatic heterocycles. The van der Waals surface area contributed by atoms with Gasteiger partial charge in [-0.3, -0.25) is 0 Å². The molecule has 106 valence electrons. The molecule has 0 aliphatic carbocycles. The Balaban J connectivity index is 2.07. The molecule has 0 aliphatic heterocycles. The predicted octanol–water partition coefficient (Wildman–Crippen LogP) is 3.09. The Morgan fingerprint density at radius 1 is 1.20 bits per heavy atom. The van der Waals surface area contributed by atoms with E-state index in [1.54, 1.807) is 0 Å². The van der Waals surface area contributed by atoms with Crippen molar-refractivity contribution in [3.05, 3.63) is 40.6 Å². The third-order valence-corrected chi connectivity index (χ3v) is 3.35. The summed E-state index contributed by atoms with van der Waals surface area (Å²) in [7, 11) is 0. The Morgan fingerprint density at radius 2 is 2.00 bits per heavy atom. The number of hydrogen-bond donors (Lipinski definition) is 3. The largest absolute Gasteiger partial charge is 0.396 e. The molecule has 1 heterocycles. The van der Waals surface area contributed by atoms with Gasteiger partial charge in [0.05, 0.1) is 5.69 Å². The van der Waals surface area contributed by atoms with Crippen LogP contribution in [0.25, 0.3) is 0 Å². The molecule has 0 bridgehead atoms. The molecule has 0 saturated heterocycles. The second kappa shape index (κ2) is 7.21. The summed E-state index contributed by atoms with van der Waals surface area (Å²) < 4.78 is 0.992. The summed E-state index contributed by atoms with van der Waals surface area (Å²) in [4.78, 5) is 8.33. The van der Waals surface area contributed by atoms with Crippen molar-refractivity contribution in [1.29, 1.82) is 0 Å². The van der Waals surface area contributed by atoms with Crippen molar-refractivity contribution in [3.8, 4) is 0 Å². The van der Waals surface area contributed by atoms with Gasteiger partial charge in [-0.15, -0.1) is 0 Å². The minimum Gasteiger partial charge on any atom is -0.396 e. The second-order valence-corrected chi connectivity index (χ2v) is 5.26. The Labute approximate surface area is 126 Å². The van der Waals surface area contributed by atoms with E-state index in [2.05, 4.69) is 36.5 Å². The van der Waals surface area contributed by atoms with E-state index in [0.29, 0.717) is 13.0 Å². The Bertz CT molecular complexity index is 577.